The highest BCUT2D eigenvalue weighted by Crippen LogP contribution is 2.34. The summed E-state index contributed by atoms with van der Waals surface area (Å²) in [5.74, 6) is 0.122. The number of likely N-dealkylation sites (tertiary alicyclic amines) is 1. The van der Waals surface area contributed by atoms with Crippen LogP contribution < -0.4 is 4.72 Å². The van der Waals surface area contributed by atoms with Crippen molar-refractivity contribution in [2.75, 3.05) is 25.9 Å². The van der Waals surface area contributed by atoms with Crippen LogP contribution in [0.15, 0.2) is 30.5 Å². The zero-order valence-electron chi connectivity index (χ0n) is 15.0. The lowest BCUT2D eigenvalue weighted by molar-refractivity contribution is -0.130. The number of nitrogens with one attached hydrogen (secondary N) is 2. The molecule has 1 aromatic heterocycles. The molecule has 2 heterocycles. The number of aromatic amines is 1. The summed E-state index contributed by atoms with van der Waals surface area (Å²) in [6.45, 7) is 3.13. The smallest absolute Gasteiger partial charge is 0.237 e. The van der Waals surface area contributed by atoms with Gasteiger partial charge in [-0.25, -0.2) is 13.1 Å². The van der Waals surface area contributed by atoms with E-state index in [4.69, 9.17) is 0 Å². The molecule has 0 aliphatic carbocycles. The van der Waals surface area contributed by atoms with E-state index in [9.17, 15) is 13.2 Å². The molecule has 2 aromatic rings. The molecule has 0 atom stereocenters. The van der Waals surface area contributed by atoms with Crippen LogP contribution in [0.1, 0.15) is 30.0 Å². The molecule has 26 heavy (non-hydrogen) atoms. The van der Waals surface area contributed by atoms with Crippen molar-refractivity contribution >= 4 is 15.9 Å². The Labute approximate surface area is 153 Å². The third-order valence-corrected chi connectivity index (χ3v) is 5.51. The summed E-state index contributed by atoms with van der Waals surface area (Å²) in [5, 5.41) is 7.39. The second kappa shape index (κ2) is 7.59. The summed E-state index contributed by atoms with van der Waals surface area (Å²) in [6.07, 6.45) is 4.57. The summed E-state index contributed by atoms with van der Waals surface area (Å²) in [4.78, 5) is 13.9. The van der Waals surface area contributed by atoms with Gasteiger partial charge in [-0.2, -0.15) is 5.10 Å². The quantitative estimate of drug-likeness (QED) is 0.829. The number of hydrogen-bond donors (Lipinski definition) is 2. The van der Waals surface area contributed by atoms with Gasteiger partial charge < -0.3 is 4.90 Å². The third-order valence-electron chi connectivity index (χ3n) is 4.85. The fraction of sp³-hybridized carbons (Fsp3) is 0.444. The minimum absolute atomic E-state index is 0.179. The normalized spacial score (nSPS) is 16.0. The van der Waals surface area contributed by atoms with Gasteiger partial charge in [-0.15, -0.1) is 0 Å². The van der Waals surface area contributed by atoms with E-state index in [0.717, 1.165) is 30.4 Å². The van der Waals surface area contributed by atoms with Crippen LogP contribution in [0.2, 0.25) is 0 Å². The van der Waals surface area contributed by atoms with Gasteiger partial charge in [-0.1, -0.05) is 24.3 Å². The van der Waals surface area contributed by atoms with Crippen LogP contribution in [0.25, 0.3) is 11.1 Å². The van der Waals surface area contributed by atoms with Gasteiger partial charge in [0.1, 0.15) is 0 Å². The molecule has 0 radical (unpaired) electrons. The first kappa shape index (κ1) is 18.6. The molecule has 1 aromatic carbocycles. The number of nitrogens with zero attached hydrogens (tertiary/aromatic N) is 2. The highest BCUT2D eigenvalue weighted by molar-refractivity contribution is 7.88. The van der Waals surface area contributed by atoms with Crippen LogP contribution >= 0.6 is 0 Å². The maximum Gasteiger partial charge on any atom is 0.237 e. The zero-order chi connectivity index (χ0) is 18.7. The average molecular weight is 376 g/mol. The third kappa shape index (κ3) is 4.31. The van der Waals surface area contributed by atoms with Crippen LogP contribution in [0.3, 0.4) is 0 Å². The molecule has 3 rings (SSSR count). The SMILES string of the molecule is Cc1ccccc1-c1cn[nH]c1C1CCN(C(=O)CNS(C)(=O)=O)CC1. The highest BCUT2D eigenvalue weighted by atomic mass is 32.2. The molecule has 0 bridgehead atoms. The van der Waals surface area contributed by atoms with Gasteiger partial charge in [0.15, 0.2) is 0 Å². The summed E-state index contributed by atoms with van der Waals surface area (Å²) in [7, 11) is -3.36. The Kier molecular flexibility index (Phi) is 5.43. The first-order chi connectivity index (χ1) is 12.3. The standard InChI is InChI=1S/C18H24N4O3S/c1-13-5-3-4-6-15(13)16-11-19-21-18(16)14-7-9-22(10-8-14)17(23)12-20-26(2,24)25/h3-6,11,14,20H,7-10,12H2,1-2H3,(H,19,21). The fourth-order valence-corrected chi connectivity index (χ4v) is 3.80. The van der Waals surface area contributed by atoms with E-state index in [1.807, 2.05) is 18.3 Å². The number of hydrogen-bond acceptors (Lipinski definition) is 4. The number of aromatic nitrogens is 2. The average Bonchev–Trinajstić information content (AvgIpc) is 3.09. The molecule has 1 saturated heterocycles. The van der Waals surface area contributed by atoms with Gasteiger partial charge in [-0.3, -0.25) is 9.89 Å². The predicted molar refractivity (Wildman–Crippen MR) is 100 cm³/mol. The Morgan fingerprint density at radius 2 is 1.96 bits per heavy atom. The maximum absolute atomic E-state index is 12.1. The fourth-order valence-electron chi connectivity index (χ4n) is 3.42. The first-order valence-electron chi connectivity index (χ1n) is 8.67. The molecular formula is C18H24N4O3S. The predicted octanol–water partition coefficient (Wildman–Crippen LogP) is 1.64. The van der Waals surface area contributed by atoms with Gasteiger partial charge >= 0.3 is 0 Å². The van der Waals surface area contributed by atoms with Crippen molar-refractivity contribution in [1.82, 2.24) is 19.8 Å². The zero-order valence-corrected chi connectivity index (χ0v) is 15.8. The van der Waals surface area contributed by atoms with E-state index in [1.165, 1.54) is 11.1 Å². The molecule has 140 valence electrons. The Hall–Kier alpha value is -2.19. The summed E-state index contributed by atoms with van der Waals surface area (Å²) >= 11 is 0. The second-order valence-electron chi connectivity index (χ2n) is 6.76. The maximum atomic E-state index is 12.1. The number of carbonyl (C=O) groups excluding carboxylic acids is 1. The number of H-pyrrole nitrogens is 1. The minimum atomic E-state index is -3.36. The van der Waals surface area contributed by atoms with Crippen molar-refractivity contribution in [3.05, 3.63) is 41.7 Å². The molecule has 0 unspecified atom stereocenters. The van der Waals surface area contributed by atoms with Crippen molar-refractivity contribution in [3.63, 3.8) is 0 Å². The molecule has 1 amide bonds. The van der Waals surface area contributed by atoms with E-state index < -0.39 is 10.0 Å². The van der Waals surface area contributed by atoms with Crippen molar-refractivity contribution in [2.45, 2.75) is 25.7 Å². The van der Waals surface area contributed by atoms with Crippen LogP contribution in [-0.4, -0.2) is 55.3 Å². The second-order valence-corrected chi connectivity index (χ2v) is 8.59. The van der Waals surface area contributed by atoms with Gasteiger partial charge in [0.2, 0.25) is 15.9 Å². The molecule has 8 heteroatoms. The van der Waals surface area contributed by atoms with Gasteiger partial charge in [-0.05, 0) is 30.9 Å². The molecule has 1 aliphatic rings. The van der Waals surface area contributed by atoms with Crippen LogP contribution in [0, 0.1) is 6.92 Å². The number of piperidine rings is 1. The van der Waals surface area contributed by atoms with Gasteiger partial charge in [0.25, 0.3) is 0 Å². The number of benzene rings is 1. The Morgan fingerprint density at radius 3 is 2.62 bits per heavy atom. The number of aryl methyl sites for hydroxylation is 1. The summed E-state index contributed by atoms with van der Waals surface area (Å²) < 4.78 is 24.5. The Bertz CT molecular complexity index is 883. The highest BCUT2D eigenvalue weighted by Gasteiger charge is 2.27. The lowest BCUT2D eigenvalue weighted by Gasteiger charge is -2.32. The Morgan fingerprint density at radius 1 is 1.27 bits per heavy atom. The molecule has 0 spiro atoms. The van der Waals surface area contributed by atoms with E-state index in [1.54, 1.807) is 4.90 Å². The largest absolute Gasteiger partial charge is 0.342 e. The number of carbonyl (C=O) groups is 1. The van der Waals surface area contributed by atoms with Crippen molar-refractivity contribution in [1.29, 1.82) is 0 Å². The molecule has 7 nitrogen and oxygen atoms in total. The van der Waals surface area contributed by atoms with E-state index in [2.05, 4.69) is 34.0 Å². The van der Waals surface area contributed by atoms with E-state index in [0.29, 0.717) is 19.0 Å². The number of sulfonamides is 1. The Balaban J connectivity index is 1.66. The topological polar surface area (TPSA) is 95.2 Å². The van der Waals surface area contributed by atoms with Gasteiger partial charge in [0.05, 0.1) is 19.0 Å². The number of amides is 1. The number of rotatable bonds is 5. The van der Waals surface area contributed by atoms with E-state index in [-0.39, 0.29) is 12.5 Å². The van der Waals surface area contributed by atoms with Crippen LogP contribution in [0.5, 0.6) is 0 Å². The first-order valence-corrected chi connectivity index (χ1v) is 10.6. The molecule has 2 N–H and O–H groups in total. The molecule has 1 aliphatic heterocycles. The lowest BCUT2D eigenvalue weighted by Crippen LogP contribution is -2.43. The van der Waals surface area contributed by atoms with Crippen molar-refractivity contribution in [3.8, 4) is 11.1 Å². The van der Waals surface area contributed by atoms with Crippen LogP contribution in [0.4, 0.5) is 0 Å². The van der Waals surface area contributed by atoms with Gasteiger partial charge in [0, 0.05) is 30.3 Å². The summed E-state index contributed by atoms with van der Waals surface area (Å²) in [6, 6.07) is 8.23. The van der Waals surface area contributed by atoms with Crippen LogP contribution in [-0.2, 0) is 14.8 Å². The monoisotopic (exact) mass is 376 g/mol. The van der Waals surface area contributed by atoms with Crippen molar-refractivity contribution in [2.24, 2.45) is 0 Å². The van der Waals surface area contributed by atoms with Crippen molar-refractivity contribution < 1.29 is 13.2 Å². The van der Waals surface area contributed by atoms with E-state index >= 15 is 0 Å². The molecule has 0 saturated carbocycles. The minimum Gasteiger partial charge on any atom is -0.342 e. The summed E-state index contributed by atoms with van der Waals surface area (Å²) in [5.41, 5.74) is 4.61. The molecular weight excluding hydrogens is 352 g/mol. The lowest BCUT2D eigenvalue weighted by atomic mass is 9.88. The molecule has 1 fully saturated rings.